The number of nitrogens with zero attached hydrogens (tertiary/aromatic N) is 1. The number of aryl methyl sites for hydroxylation is 2. The number of hydrogen-bond donors (Lipinski definition) is 1. The van der Waals surface area contributed by atoms with Crippen LogP contribution in [0.5, 0.6) is 0 Å². The lowest BCUT2D eigenvalue weighted by molar-refractivity contribution is 0.0953. The molecular weight excluding hydrogens is 372 g/mol. The second-order valence-electron chi connectivity index (χ2n) is 6.39. The van der Waals surface area contributed by atoms with E-state index in [0.717, 1.165) is 36.3 Å². The van der Waals surface area contributed by atoms with Gasteiger partial charge in [-0.05, 0) is 56.0 Å². The zero-order valence-electron chi connectivity index (χ0n) is 15.5. The maximum absolute atomic E-state index is 12.2. The Balaban J connectivity index is 1.37. The molecule has 0 fully saturated rings. The second-order valence-corrected chi connectivity index (χ2v) is 8.39. The maximum Gasteiger partial charge on any atom is 0.251 e. The number of aromatic nitrogens is 1. The van der Waals surface area contributed by atoms with Crippen LogP contribution in [0.15, 0.2) is 64.9 Å². The number of carbonyl (C=O) groups excluding carboxylic acids is 1. The summed E-state index contributed by atoms with van der Waals surface area (Å²) in [4.78, 5) is 17.9. The van der Waals surface area contributed by atoms with Gasteiger partial charge in [-0.15, -0.1) is 23.1 Å². The quantitative estimate of drug-likeness (QED) is 0.384. The standard InChI is InChI=1S/C22H24N2OS2/c1-17-15-27-21(24-17)9-5-6-14-23-22(25)19-10-12-20(13-11-19)26-16-18-7-3-2-4-8-18/h2-4,7-8,10-13,15H,5-6,9,14,16H2,1H3,(H,23,25). The zero-order valence-corrected chi connectivity index (χ0v) is 17.1. The molecule has 1 heterocycles. The van der Waals surface area contributed by atoms with Crippen LogP contribution in [0.3, 0.4) is 0 Å². The predicted molar refractivity (Wildman–Crippen MR) is 115 cm³/mol. The Kier molecular flexibility index (Phi) is 7.48. The van der Waals surface area contributed by atoms with E-state index in [-0.39, 0.29) is 5.91 Å². The van der Waals surface area contributed by atoms with Gasteiger partial charge >= 0.3 is 0 Å². The number of carbonyl (C=O) groups is 1. The van der Waals surface area contributed by atoms with E-state index in [1.165, 1.54) is 15.5 Å². The molecule has 0 aliphatic carbocycles. The molecule has 0 saturated carbocycles. The van der Waals surface area contributed by atoms with Gasteiger partial charge in [0, 0.05) is 33.8 Å². The summed E-state index contributed by atoms with van der Waals surface area (Å²) in [5, 5.41) is 6.27. The summed E-state index contributed by atoms with van der Waals surface area (Å²) in [6.07, 6.45) is 3.00. The third-order valence-electron chi connectivity index (χ3n) is 4.13. The highest BCUT2D eigenvalue weighted by molar-refractivity contribution is 7.98. The molecule has 1 N–H and O–H groups in total. The average Bonchev–Trinajstić information content (AvgIpc) is 3.12. The molecule has 140 valence electrons. The van der Waals surface area contributed by atoms with Crippen LogP contribution in [0.4, 0.5) is 0 Å². The van der Waals surface area contributed by atoms with Gasteiger partial charge in [0.15, 0.2) is 0 Å². The van der Waals surface area contributed by atoms with E-state index in [9.17, 15) is 4.79 Å². The molecule has 5 heteroatoms. The van der Waals surface area contributed by atoms with Gasteiger partial charge in [0.1, 0.15) is 0 Å². The van der Waals surface area contributed by atoms with Crippen molar-refractivity contribution >= 4 is 29.0 Å². The number of benzene rings is 2. The molecule has 0 aliphatic rings. The number of thiazole rings is 1. The predicted octanol–water partition coefficient (Wildman–Crippen LogP) is 5.50. The van der Waals surface area contributed by atoms with Crippen molar-refractivity contribution in [3.8, 4) is 0 Å². The van der Waals surface area contributed by atoms with Crippen molar-refractivity contribution in [2.24, 2.45) is 0 Å². The molecular formula is C22H24N2OS2. The van der Waals surface area contributed by atoms with Gasteiger partial charge in [-0.25, -0.2) is 4.98 Å². The van der Waals surface area contributed by atoms with Crippen LogP contribution in [0.2, 0.25) is 0 Å². The third kappa shape index (κ3) is 6.52. The lowest BCUT2D eigenvalue weighted by Gasteiger charge is -2.06. The normalized spacial score (nSPS) is 10.7. The van der Waals surface area contributed by atoms with Crippen LogP contribution in [0.25, 0.3) is 0 Å². The van der Waals surface area contributed by atoms with Gasteiger partial charge < -0.3 is 5.32 Å². The molecule has 3 aromatic rings. The van der Waals surface area contributed by atoms with Crippen molar-refractivity contribution in [1.82, 2.24) is 10.3 Å². The summed E-state index contributed by atoms with van der Waals surface area (Å²) in [6, 6.07) is 18.3. The van der Waals surface area contributed by atoms with Crippen molar-refractivity contribution in [2.45, 2.75) is 36.8 Å². The minimum absolute atomic E-state index is 0.000276. The first-order valence-corrected chi connectivity index (χ1v) is 11.0. The fourth-order valence-corrected chi connectivity index (χ4v) is 4.34. The second kappa shape index (κ2) is 10.3. The summed E-state index contributed by atoms with van der Waals surface area (Å²) in [5.74, 6) is 0.935. The van der Waals surface area contributed by atoms with Gasteiger partial charge in [0.05, 0.1) is 5.01 Å². The molecule has 0 aliphatic heterocycles. The number of amides is 1. The number of nitrogens with one attached hydrogen (secondary N) is 1. The van der Waals surface area contributed by atoms with Crippen LogP contribution >= 0.6 is 23.1 Å². The van der Waals surface area contributed by atoms with E-state index in [4.69, 9.17) is 0 Å². The van der Waals surface area contributed by atoms with Gasteiger partial charge in [0.2, 0.25) is 0 Å². The van der Waals surface area contributed by atoms with E-state index in [1.807, 2.05) is 37.3 Å². The van der Waals surface area contributed by atoms with Gasteiger partial charge in [-0.2, -0.15) is 0 Å². The van der Waals surface area contributed by atoms with Crippen molar-refractivity contribution in [1.29, 1.82) is 0 Å². The highest BCUT2D eigenvalue weighted by Crippen LogP contribution is 2.23. The Morgan fingerprint density at radius 1 is 1.07 bits per heavy atom. The SMILES string of the molecule is Cc1csc(CCCCNC(=O)c2ccc(SCc3ccccc3)cc2)n1. The summed E-state index contributed by atoms with van der Waals surface area (Å²) in [7, 11) is 0. The van der Waals surface area contributed by atoms with Gasteiger partial charge in [0.25, 0.3) is 5.91 Å². The number of rotatable bonds is 9. The third-order valence-corrected chi connectivity index (χ3v) is 6.24. The van der Waals surface area contributed by atoms with Crippen molar-refractivity contribution in [2.75, 3.05) is 6.54 Å². The van der Waals surface area contributed by atoms with Gasteiger partial charge in [-0.3, -0.25) is 4.79 Å². The van der Waals surface area contributed by atoms with E-state index < -0.39 is 0 Å². The first kappa shape index (κ1) is 19.6. The van der Waals surface area contributed by atoms with Crippen molar-refractivity contribution < 1.29 is 4.79 Å². The lowest BCUT2D eigenvalue weighted by Crippen LogP contribution is -2.24. The van der Waals surface area contributed by atoms with Crippen LogP contribution in [-0.2, 0) is 12.2 Å². The van der Waals surface area contributed by atoms with E-state index in [1.54, 1.807) is 23.1 Å². The largest absolute Gasteiger partial charge is 0.352 e. The molecule has 2 aromatic carbocycles. The fourth-order valence-electron chi connectivity index (χ4n) is 2.67. The average molecular weight is 397 g/mol. The Morgan fingerprint density at radius 3 is 2.56 bits per heavy atom. The molecule has 3 rings (SSSR count). The first-order valence-electron chi connectivity index (χ1n) is 9.17. The van der Waals surface area contributed by atoms with Crippen LogP contribution in [0.1, 0.15) is 39.5 Å². The molecule has 27 heavy (non-hydrogen) atoms. The van der Waals surface area contributed by atoms with Crippen molar-refractivity contribution in [3.63, 3.8) is 0 Å². The lowest BCUT2D eigenvalue weighted by atomic mass is 10.2. The minimum Gasteiger partial charge on any atom is -0.352 e. The summed E-state index contributed by atoms with van der Waals surface area (Å²) in [5.41, 5.74) is 3.11. The zero-order chi connectivity index (χ0) is 18.9. The Bertz CT molecular complexity index is 844. The van der Waals surface area contributed by atoms with Crippen LogP contribution < -0.4 is 5.32 Å². The number of hydrogen-bond acceptors (Lipinski definition) is 4. The smallest absolute Gasteiger partial charge is 0.251 e. The first-order chi connectivity index (χ1) is 13.2. The van der Waals surface area contributed by atoms with Crippen molar-refractivity contribution in [3.05, 3.63) is 81.8 Å². The monoisotopic (exact) mass is 396 g/mol. The highest BCUT2D eigenvalue weighted by atomic mass is 32.2. The molecule has 3 nitrogen and oxygen atoms in total. The Labute approximate surface area is 169 Å². The molecule has 0 saturated heterocycles. The molecule has 1 amide bonds. The van der Waals surface area contributed by atoms with Crippen LogP contribution in [-0.4, -0.2) is 17.4 Å². The molecule has 0 atom stereocenters. The van der Waals surface area contributed by atoms with Crippen LogP contribution in [0, 0.1) is 6.92 Å². The summed E-state index contributed by atoms with van der Waals surface area (Å²) >= 11 is 3.50. The maximum atomic E-state index is 12.2. The number of unbranched alkanes of at least 4 members (excludes halogenated alkanes) is 1. The minimum atomic E-state index is -0.000276. The Morgan fingerprint density at radius 2 is 1.85 bits per heavy atom. The number of thioether (sulfide) groups is 1. The molecule has 0 unspecified atom stereocenters. The van der Waals surface area contributed by atoms with Gasteiger partial charge in [-0.1, -0.05) is 30.3 Å². The Hall–Kier alpha value is -2.11. The summed E-state index contributed by atoms with van der Waals surface area (Å²) in [6.45, 7) is 2.72. The summed E-state index contributed by atoms with van der Waals surface area (Å²) < 4.78 is 0. The van der Waals surface area contributed by atoms with E-state index in [0.29, 0.717) is 6.54 Å². The topological polar surface area (TPSA) is 42.0 Å². The fraction of sp³-hybridized carbons (Fsp3) is 0.273. The molecule has 0 spiro atoms. The molecule has 1 aromatic heterocycles. The molecule has 0 radical (unpaired) electrons. The van der Waals surface area contributed by atoms with E-state index >= 15 is 0 Å². The van der Waals surface area contributed by atoms with E-state index in [2.05, 4.69) is 39.9 Å². The highest BCUT2D eigenvalue weighted by Gasteiger charge is 2.05. The molecule has 0 bridgehead atoms.